The molecule has 2 aliphatic carbocycles. The second-order valence-electron chi connectivity index (χ2n) is 9.26. The molecule has 2 aromatic heterocycles. The fraction of sp³-hybridized carbons (Fsp3) is 0.360. The van der Waals surface area contributed by atoms with Gasteiger partial charge >= 0.3 is 0 Å². The van der Waals surface area contributed by atoms with Crippen molar-refractivity contribution in [3.05, 3.63) is 70.5 Å². The Morgan fingerprint density at radius 2 is 1.85 bits per heavy atom. The maximum atomic E-state index is 14.0. The lowest BCUT2D eigenvalue weighted by Crippen LogP contribution is -2.40. The number of piperidine rings is 1. The topological polar surface area (TPSA) is 33.4 Å². The molecule has 1 fully saturated rings. The molecule has 1 saturated heterocycles. The Bertz CT molecular complexity index is 1290. The molecule has 6 rings (SSSR count). The van der Waals surface area contributed by atoms with Gasteiger partial charge in [0.05, 0.1) is 23.1 Å². The van der Waals surface area contributed by atoms with Crippen LogP contribution in [0.3, 0.4) is 0 Å². The first kappa shape index (κ1) is 22.4. The van der Waals surface area contributed by atoms with Crippen LogP contribution in [0.4, 0.5) is 14.6 Å². The number of benzene rings is 1. The largest absolute Gasteiger partial charge is 0.355 e. The predicted molar refractivity (Wildman–Crippen MR) is 129 cm³/mol. The quantitative estimate of drug-likeness (QED) is 0.391. The number of aromatic nitrogens is 3. The first-order chi connectivity index (χ1) is 15.5. The lowest BCUT2D eigenvalue weighted by molar-refractivity contribution is 0.231. The van der Waals surface area contributed by atoms with Crippen LogP contribution < -0.4 is 4.90 Å². The van der Waals surface area contributed by atoms with Crippen molar-refractivity contribution in [2.45, 2.75) is 38.5 Å². The molecule has 172 valence electrons. The van der Waals surface area contributed by atoms with Crippen molar-refractivity contribution in [2.75, 3.05) is 18.0 Å². The summed E-state index contributed by atoms with van der Waals surface area (Å²) in [5.74, 6) is 0.455. The Hall–Kier alpha value is -2.44. The minimum atomic E-state index is -0.461. The first-order valence-corrected chi connectivity index (χ1v) is 11.5. The summed E-state index contributed by atoms with van der Waals surface area (Å²) in [5, 5.41) is 4.54. The highest BCUT2D eigenvalue weighted by Crippen LogP contribution is 2.52. The van der Waals surface area contributed by atoms with Gasteiger partial charge in [0.2, 0.25) is 0 Å². The smallest absolute Gasteiger partial charge is 0.154 e. The summed E-state index contributed by atoms with van der Waals surface area (Å²) < 4.78 is 29.6. The van der Waals surface area contributed by atoms with E-state index in [0.717, 1.165) is 56.5 Å². The molecule has 1 spiro atoms. The maximum Gasteiger partial charge on any atom is 0.154 e. The Labute approximate surface area is 202 Å². The summed E-state index contributed by atoms with van der Waals surface area (Å²) in [4.78, 5) is 7.07. The Morgan fingerprint density at radius 3 is 2.67 bits per heavy atom. The highest BCUT2D eigenvalue weighted by Gasteiger charge is 2.41. The third-order valence-electron chi connectivity index (χ3n) is 7.36. The van der Waals surface area contributed by atoms with Gasteiger partial charge in [0.15, 0.2) is 5.82 Å². The van der Waals surface area contributed by atoms with E-state index in [9.17, 15) is 8.78 Å². The Kier molecular flexibility index (Phi) is 5.69. The fourth-order valence-corrected chi connectivity index (χ4v) is 5.90. The van der Waals surface area contributed by atoms with E-state index in [2.05, 4.69) is 10.00 Å². The van der Waals surface area contributed by atoms with E-state index in [1.165, 1.54) is 17.2 Å². The lowest BCUT2D eigenvalue weighted by Gasteiger charge is -2.40. The van der Waals surface area contributed by atoms with Gasteiger partial charge in [0.25, 0.3) is 0 Å². The monoisotopic (exact) mass is 488 g/mol. The van der Waals surface area contributed by atoms with Crippen LogP contribution in [0.1, 0.15) is 38.5 Å². The number of allylic oxidation sites excluding steroid dienone is 4. The molecular weight excluding hydrogens is 465 g/mol. The minimum Gasteiger partial charge on any atom is -0.355 e. The zero-order valence-corrected chi connectivity index (χ0v) is 19.6. The average Bonchev–Trinajstić information content (AvgIpc) is 3.41. The van der Waals surface area contributed by atoms with Gasteiger partial charge in [-0.2, -0.15) is 5.10 Å². The third kappa shape index (κ3) is 3.73. The van der Waals surface area contributed by atoms with Gasteiger partial charge in [-0.15, -0.1) is 12.4 Å². The van der Waals surface area contributed by atoms with Gasteiger partial charge in [0.1, 0.15) is 17.2 Å². The van der Waals surface area contributed by atoms with Gasteiger partial charge in [-0.1, -0.05) is 29.3 Å². The van der Waals surface area contributed by atoms with Crippen molar-refractivity contribution in [2.24, 2.45) is 5.41 Å². The third-order valence-corrected chi connectivity index (χ3v) is 7.75. The molecule has 4 nitrogen and oxygen atoms in total. The van der Waals surface area contributed by atoms with Gasteiger partial charge in [-0.25, -0.2) is 18.3 Å². The van der Waals surface area contributed by atoms with E-state index in [-0.39, 0.29) is 28.7 Å². The van der Waals surface area contributed by atoms with E-state index in [4.69, 9.17) is 16.6 Å². The number of halogens is 4. The van der Waals surface area contributed by atoms with E-state index in [1.807, 2.05) is 6.07 Å². The van der Waals surface area contributed by atoms with Crippen LogP contribution in [0, 0.1) is 11.2 Å². The SMILES string of the molecule is Cl.FC1=CC2=C(CC1)CC1(CCN(c3ncc(-c4cccc(F)c4Cl)n4nccc34)CC1)C2. The maximum absolute atomic E-state index is 14.0. The first-order valence-electron chi connectivity index (χ1n) is 11.1. The molecule has 0 bridgehead atoms. The zero-order valence-electron chi connectivity index (χ0n) is 18.0. The second kappa shape index (κ2) is 8.41. The summed E-state index contributed by atoms with van der Waals surface area (Å²) in [5.41, 5.74) is 5.08. The summed E-state index contributed by atoms with van der Waals surface area (Å²) in [6.45, 7) is 1.81. The van der Waals surface area contributed by atoms with Crippen LogP contribution >= 0.6 is 24.0 Å². The molecule has 8 heteroatoms. The van der Waals surface area contributed by atoms with Crippen LogP contribution in [-0.2, 0) is 0 Å². The van der Waals surface area contributed by atoms with Crippen molar-refractivity contribution in [1.29, 1.82) is 0 Å². The Morgan fingerprint density at radius 1 is 1.03 bits per heavy atom. The van der Waals surface area contributed by atoms with Crippen LogP contribution in [0.25, 0.3) is 16.8 Å². The van der Waals surface area contributed by atoms with E-state index < -0.39 is 5.82 Å². The number of fused-ring (bicyclic) bond motifs is 1. The van der Waals surface area contributed by atoms with E-state index in [1.54, 1.807) is 35.1 Å². The molecule has 1 aromatic carbocycles. The van der Waals surface area contributed by atoms with Crippen LogP contribution in [0.5, 0.6) is 0 Å². The van der Waals surface area contributed by atoms with Gasteiger partial charge in [-0.3, -0.25) is 0 Å². The normalized spacial score (nSPS) is 19.6. The fourth-order valence-electron chi connectivity index (χ4n) is 5.67. The second-order valence-corrected chi connectivity index (χ2v) is 9.64. The molecule has 0 radical (unpaired) electrons. The molecule has 0 saturated carbocycles. The highest BCUT2D eigenvalue weighted by atomic mass is 35.5. The van der Waals surface area contributed by atoms with Crippen molar-refractivity contribution >= 4 is 35.3 Å². The van der Waals surface area contributed by atoms with Crippen LogP contribution in [-0.4, -0.2) is 27.7 Å². The molecule has 3 heterocycles. The number of hydrogen-bond donors (Lipinski definition) is 0. The molecular formula is C25H24Cl2F2N4. The molecule has 3 aromatic rings. The van der Waals surface area contributed by atoms with Crippen molar-refractivity contribution < 1.29 is 8.78 Å². The van der Waals surface area contributed by atoms with Gasteiger partial charge < -0.3 is 4.90 Å². The number of rotatable bonds is 2. The minimum absolute atomic E-state index is 0. The standard InChI is InChI=1S/C25H23ClF2N4.ClH/c26-23-19(2-1-3-20(23)28)22-15-29-24(21-6-9-30-32(21)22)31-10-7-25(8-11-31)13-16-4-5-18(27)12-17(16)14-25;/h1-3,6,9,12,15H,4-5,7-8,10-11,13-14H2;1H. The summed E-state index contributed by atoms with van der Waals surface area (Å²) >= 11 is 6.23. The predicted octanol–water partition coefficient (Wildman–Crippen LogP) is 6.93. The number of anilines is 1. The van der Waals surface area contributed by atoms with Crippen LogP contribution in [0.2, 0.25) is 5.02 Å². The number of nitrogens with zero attached hydrogens (tertiary/aromatic N) is 4. The molecule has 1 aliphatic heterocycles. The molecule has 0 amide bonds. The van der Waals surface area contributed by atoms with Crippen molar-refractivity contribution in [1.82, 2.24) is 14.6 Å². The zero-order chi connectivity index (χ0) is 21.9. The average molecular weight is 489 g/mol. The molecule has 3 aliphatic rings. The Balaban J connectivity index is 0.00000228. The number of hydrogen-bond acceptors (Lipinski definition) is 3. The lowest BCUT2D eigenvalue weighted by atomic mass is 9.75. The van der Waals surface area contributed by atoms with Crippen molar-refractivity contribution in [3.63, 3.8) is 0 Å². The van der Waals surface area contributed by atoms with Gasteiger partial charge in [0, 0.05) is 25.1 Å². The molecule has 0 atom stereocenters. The van der Waals surface area contributed by atoms with Crippen molar-refractivity contribution in [3.8, 4) is 11.3 Å². The molecule has 33 heavy (non-hydrogen) atoms. The summed E-state index contributed by atoms with van der Waals surface area (Å²) in [6, 6.07) is 6.70. The van der Waals surface area contributed by atoms with E-state index in [0.29, 0.717) is 17.7 Å². The van der Waals surface area contributed by atoms with Gasteiger partial charge in [-0.05, 0) is 61.3 Å². The van der Waals surface area contributed by atoms with Crippen LogP contribution in [0.15, 0.2) is 59.7 Å². The molecule has 0 unspecified atom stereocenters. The summed E-state index contributed by atoms with van der Waals surface area (Å²) in [6.07, 6.45) is 10.9. The van der Waals surface area contributed by atoms with E-state index >= 15 is 0 Å². The molecule has 0 N–H and O–H groups in total. The summed E-state index contributed by atoms with van der Waals surface area (Å²) in [7, 11) is 0. The highest BCUT2D eigenvalue weighted by molar-refractivity contribution is 6.33.